The minimum Gasteiger partial charge on any atom is -0.494 e. The molecule has 9 nitrogen and oxygen atoms in total. The second-order valence-electron chi connectivity index (χ2n) is 14.5. The van der Waals surface area contributed by atoms with E-state index < -0.39 is 23.0 Å². The topological polar surface area (TPSA) is 87.1 Å². The van der Waals surface area contributed by atoms with E-state index in [2.05, 4.69) is 10.3 Å². The van der Waals surface area contributed by atoms with E-state index in [1.54, 1.807) is 67.4 Å². The summed E-state index contributed by atoms with van der Waals surface area (Å²) in [5.74, 6) is -0.678. The lowest BCUT2D eigenvalue weighted by Crippen LogP contribution is -2.44. The van der Waals surface area contributed by atoms with Gasteiger partial charge in [0.25, 0.3) is 5.91 Å². The lowest BCUT2D eigenvalue weighted by atomic mass is 9.99. The van der Waals surface area contributed by atoms with Crippen LogP contribution < -0.4 is 24.4 Å². The number of thioether (sulfide) groups is 1. The second-order valence-corrected chi connectivity index (χ2v) is 15.4. The van der Waals surface area contributed by atoms with E-state index in [1.807, 2.05) is 52.6 Å². The van der Waals surface area contributed by atoms with Crippen LogP contribution in [0.3, 0.4) is 0 Å². The molecule has 0 atom stereocenters. The van der Waals surface area contributed by atoms with Gasteiger partial charge in [0.2, 0.25) is 0 Å². The minimum absolute atomic E-state index is 0.0220. The van der Waals surface area contributed by atoms with Gasteiger partial charge in [-0.1, -0.05) is 23.9 Å². The van der Waals surface area contributed by atoms with Crippen molar-refractivity contribution in [1.82, 2.24) is 14.9 Å². The molecule has 292 valence electrons. The number of benzene rings is 4. The zero-order valence-electron chi connectivity index (χ0n) is 32.6. The molecule has 0 unspecified atom stereocenters. The van der Waals surface area contributed by atoms with Gasteiger partial charge in [-0.2, -0.15) is 0 Å². The Morgan fingerprint density at radius 2 is 1.45 bits per heavy atom. The van der Waals surface area contributed by atoms with Gasteiger partial charge in [0, 0.05) is 53.9 Å². The van der Waals surface area contributed by atoms with Crippen LogP contribution in [0.25, 0.3) is 16.8 Å². The van der Waals surface area contributed by atoms with Crippen molar-refractivity contribution in [3.05, 3.63) is 108 Å². The first kappa shape index (κ1) is 41.0. The highest BCUT2D eigenvalue weighted by Gasteiger charge is 2.24. The number of methoxy groups -OCH3 is 3. The van der Waals surface area contributed by atoms with Crippen molar-refractivity contribution in [3.63, 3.8) is 0 Å². The largest absolute Gasteiger partial charge is 0.494 e. The molecule has 1 amide bonds. The Labute approximate surface area is 324 Å². The van der Waals surface area contributed by atoms with Crippen LogP contribution in [-0.2, 0) is 10.5 Å². The summed E-state index contributed by atoms with van der Waals surface area (Å²) in [6, 6.07) is 19.0. The van der Waals surface area contributed by atoms with Crippen LogP contribution in [0.1, 0.15) is 57.0 Å². The predicted octanol–water partition coefficient (Wildman–Crippen LogP) is 9.76. The number of hydrogen-bond acceptors (Lipinski definition) is 8. The molecule has 0 saturated heterocycles. The Morgan fingerprint density at radius 3 is 2.07 bits per heavy atom. The number of carbonyl (C=O) groups is 1. The number of amides is 1. The SMILES string of the molecule is COc1cc(-n2c(N(C)c3ccc(OC)c(OC)c3)cnc2SCc2c(F)cc(-c3ccc(C(=O)NC(C)(C)CCOC(C)(C)C)cc3)cc2F)ccc1F. The normalized spacial score (nSPS) is 11.7. The van der Waals surface area contributed by atoms with Crippen molar-refractivity contribution in [1.29, 1.82) is 0 Å². The molecule has 1 N–H and O–H groups in total. The summed E-state index contributed by atoms with van der Waals surface area (Å²) >= 11 is 1.12. The summed E-state index contributed by atoms with van der Waals surface area (Å²) in [6.07, 6.45) is 2.24. The Bertz CT molecular complexity index is 2110. The molecular weight excluding hydrogens is 730 g/mol. The molecule has 13 heteroatoms. The molecule has 0 spiro atoms. The number of imidazole rings is 1. The first-order valence-corrected chi connectivity index (χ1v) is 18.6. The van der Waals surface area contributed by atoms with E-state index >= 15 is 8.78 Å². The Morgan fingerprint density at radius 1 is 0.800 bits per heavy atom. The van der Waals surface area contributed by atoms with Gasteiger partial charge < -0.3 is 29.2 Å². The van der Waals surface area contributed by atoms with Crippen molar-refractivity contribution in [2.45, 2.75) is 63.1 Å². The molecular formula is C42H47F3N4O5S. The number of ether oxygens (including phenoxy) is 4. The molecule has 0 aliphatic rings. The molecule has 5 aromatic rings. The van der Waals surface area contributed by atoms with Gasteiger partial charge in [0.1, 0.15) is 17.5 Å². The number of hydrogen-bond donors (Lipinski definition) is 1. The van der Waals surface area contributed by atoms with Gasteiger partial charge in [-0.25, -0.2) is 18.2 Å². The maximum atomic E-state index is 15.7. The molecule has 55 heavy (non-hydrogen) atoms. The van der Waals surface area contributed by atoms with E-state index in [9.17, 15) is 9.18 Å². The molecule has 0 aliphatic carbocycles. The van der Waals surface area contributed by atoms with E-state index in [0.29, 0.717) is 57.9 Å². The third kappa shape index (κ3) is 9.95. The summed E-state index contributed by atoms with van der Waals surface area (Å²) in [4.78, 5) is 19.5. The number of nitrogens with one attached hydrogen (secondary N) is 1. The van der Waals surface area contributed by atoms with E-state index in [-0.39, 0.29) is 28.6 Å². The summed E-state index contributed by atoms with van der Waals surface area (Å²) in [6.45, 7) is 10.3. The van der Waals surface area contributed by atoms with Gasteiger partial charge in [0.05, 0.1) is 38.8 Å². The third-order valence-corrected chi connectivity index (χ3v) is 9.86. The average Bonchev–Trinajstić information content (AvgIpc) is 3.57. The molecule has 5 rings (SSSR count). The van der Waals surface area contributed by atoms with Crippen LogP contribution in [0, 0.1) is 17.5 Å². The van der Waals surface area contributed by atoms with Crippen LogP contribution in [0.5, 0.6) is 17.2 Å². The Hall–Kier alpha value is -5.14. The predicted molar refractivity (Wildman–Crippen MR) is 211 cm³/mol. The first-order chi connectivity index (χ1) is 26.0. The summed E-state index contributed by atoms with van der Waals surface area (Å²) < 4.78 is 69.5. The fourth-order valence-corrected chi connectivity index (χ4v) is 6.78. The van der Waals surface area contributed by atoms with Gasteiger partial charge in [-0.05, 0) is 101 Å². The van der Waals surface area contributed by atoms with E-state index in [0.717, 1.165) is 17.4 Å². The Kier molecular flexibility index (Phi) is 12.8. The van der Waals surface area contributed by atoms with Crippen molar-refractivity contribution in [2.75, 3.05) is 39.9 Å². The number of carbonyl (C=O) groups excluding carboxylic acids is 1. The average molecular weight is 777 g/mol. The maximum absolute atomic E-state index is 15.7. The fourth-order valence-electron chi connectivity index (χ4n) is 5.77. The van der Waals surface area contributed by atoms with Crippen molar-refractivity contribution in [2.24, 2.45) is 0 Å². The van der Waals surface area contributed by atoms with Gasteiger partial charge in [-0.15, -0.1) is 0 Å². The molecule has 0 aliphatic heterocycles. The van der Waals surface area contributed by atoms with E-state index in [1.165, 1.54) is 31.4 Å². The number of rotatable bonds is 15. The quantitative estimate of drug-likeness (QED) is 0.105. The number of nitrogens with zero attached hydrogens (tertiary/aromatic N) is 3. The molecule has 0 radical (unpaired) electrons. The van der Waals surface area contributed by atoms with Gasteiger partial charge in [-0.3, -0.25) is 9.36 Å². The summed E-state index contributed by atoms with van der Waals surface area (Å²) in [7, 11) is 6.29. The van der Waals surface area contributed by atoms with Crippen molar-refractivity contribution < 1.29 is 36.9 Å². The molecule has 0 saturated carbocycles. The zero-order valence-corrected chi connectivity index (χ0v) is 33.4. The molecule has 1 aromatic heterocycles. The molecule has 1 heterocycles. The minimum atomic E-state index is -0.729. The van der Waals surface area contributed by atoms with Crippen molar-refractivity contribution >= 4 is 29.2 Å². The van der Waals surface area contributed by atoms with Gasteiger partial charge >= 0.3 is 0 Å². The van der Waals surface area contributed by atoms with Gasteiger partial charge in [0.15, 0.2) is 28.2 Å². The van der Waals surface area contributed by atoms with Crippen LogP contribution in [0.2, 0.25) is 0 Å². The first-order valence-electron chi connectivity index (χ1n) is 17.6. The summed E-state index contributed by atoms with van der Waals surface area (Å²) in [5.41, 5.74) is 1.64. The molecule has 4 aromatic carbocycles. The monoisotopic (exact) mass is 776 g/mol. The highest BCUT2D eigenvalue weighted by molar-refractivity contribution is 7.98. The highest BCUT2D eigenvalue weighted by Crippen LogP contribution is 2.38. The number of aromatic nitrogens is 2. The third-order valence-electron chi connectivity index (χ3n) is 8.88. The van der Waals surface area contributed by atoms with Crippen LogP contribution in [0.15, 0.2) is 84.1 Å². The summed E-state index contributed by atoms with van der Waals surface area (Å²) in [5, 5.41) is 3.44. The molecule has 0 bridgehead atoms. The maximum Gasteiger partial charge on any atom is 0.251 e. The lowest BCUT2D eigenvalue weighted by Gasteiger charge is -2.28. The highest BCUT2D eigenvalue weighted by atomic mass is 32.2. The standard InChI is InChI=1S/C42H47F3N4O5S/c1-41(2,3)54-19-18-42(4,5)47-39(50)27-12-10-26(11-13-27)28-20-33(44)31(34(45)21-28)25-55-40-46-24-38(49(40)30-14-16-32(43)36(23-30)52-8)48(6)29-15-17-35(51-7)37(22-29)53-9/h10-17,20-24H,18-19,25H2,1-9H3,(H,47,50). The van der Waals surface area contributed by atoms with E-state index in [4.69, 9.17) is 18.9 Å². The van der Waals surface area contributed by atoms with Crippen LogP contribution in [0.4, 0.5) is 24.7 Å². The zero-order chi connectivity index (χ0) is 40.1. The lowest BCUT2D eigenvalue weighted by molar-refractivity contribution is -0.0111. The number of halogens is 3. The second kappa shape index (κ2) is 17.1. The smallest absolute Gasteiger partial charge is 0.251 e. The Balaban J connectivity index is 1.37. The van der Waals surface area contributed by atoms with Crippen LogP contribution in [-0.4, -0.2) is 61.6 Å². The number of anilines is 2. The fraction of sp³-hybridized carbons (Fsp3) is 0.333. The molecule has 0 fully saturated rings. The van der Waals surface area contributed by atoms with Crippen LogP contribution >= 0.6 is 11.8 Å². The van der Waals surface area contributed by atoms with Crippen molar-refractivity contribution in [3.8, 4) is 34.1 Å².